The van der Waals surface area contributed by atoms with Crippen molar-refractivity contribution in [1.29, 1.82) is 0 Å². The lowest BCUT2D eigenvalue weighted by Crippen LogP contribution is -2.20. The molecule has 0 atom stereocenters. The third kappa shape index (κ3) is 6.68. The number of carbonyl (C=O) groups is 2. The number of alkyl halides is 3. The molecule has 8 heteroatoms. The Labute approximate surface area is 131 Å². The molecule has 2 N–H and O–H groups in total. The van der Waals surface area contributed by atoms with Crippen LogP contribution in [0.1, 0.15) is 19.3 Å². The second-order valence-corrected chi connectivity index (χ2v) is 5.31. The standard InChI is InChI=1S/C15H17F3N2O3/c16-15(17,18)9-23-7-6-13(21)19-11-2-1-3-12(8-11)20-14(22)10-4-5-10/h1-3,8,10H,4-7,9H2,(H,19,21)(H,20,22). The highest BCUT2D eigenvalue weighted by molar-refractivity contribution is 5.95. The number of halogens is 3. The molecule has 126 valence electrons. The van der Waals surface area contributed by atoms with Crippen molar-refractivity contribution >= 4 is 23.2 Å². The summed E-state index contributed by atoms with van der Waals surface area (Å²) in [6.07, 6.45) is -2.81. The third-order valence-corrected chi connectivity index (χ3v) is 3.10. The van der Waals surface area contributed by atoms with Crippen LogP contribution in [0.4, 0.5) is 24.5 Å². The van der Waals surface area contributed by atoms with Gasteiger partial charge in [0.25, 0.3) is 0 Å². The van der Waals surface area contributed by atoms with Crippen LogP contribution in [0.5, 0.6) is 0 Å². The fourth-order valence-electron chi connectivity index (χ4n) is 1.84. The molecule has 1 aliphatic carbocycles. The highest BCUT2D eigenvalue weighted by atomic mass is 19.4. The van der Waals surface area contributed by atoms with Crippen molar-refractivity contribution in [2.45, 2.75) is 25.4 Å². The van der Waals surface area contributed by atoms with E-state index in [0.29, 0.717) is 11.4 Å². The van der Waals surface area contributed by atoms with Crippen LogP contribution in [0.3, 0.4) is 0 Å². The summed E-state index contributed by atoms with van der Waals surface area (Å²) in [6.45, 7) is -1.69. The summed E-state index contributed by atoms with van der Waals surface area (Å²) in [5.74, 6) is -0.439. The highest BCUT2D eigenvalue weighted by Crippen LogP contribution is 2.30. The smallest absolute Gasteiger partial charge is 0.372 e. The topological polar surface area (TPSA) is 67.4 Å². The van der Waals surface area contributed by atoms with Crippen LogP contribution in [0, 0.1) is 5.92 Å². The Morgan fingerprint density at radius 2 is 1.83 bits per heavy atom. The molecule has 0 unspecified atom stereocenters. The van der Waals surface area contributed by atoms with Gasteiger partial charge in [-0.3, -0.25) is 9.59 Å². The van der Waals surface area contributed by atoms with Crippen LogP contribution in [0.25, 0.3) is 0 Å². The van der Waals surface area contributed by atoms with Gasteiger partial charge in [0.05, 0.1) is 13.0 Å². The molecule has 2 rings (SSSR count). The second-order valence-electron chi connectivity index (χ2n) is 5.31. The van der Waals surface area contributed by atoms with Gasteiger partial charge in [-0.1, -0.05) is 6.07 Å². The van der Waals surface area contributed by atoms with Gasteiger partial charge in [0.1, 0.15) is 6.61 Å². The van der Waals surface area contributed by atoms with Crippen LogP contribution in [0.2, 0.25) is 0 Å². The van der Waals surface area contributed by atoms with Crippen molar-refractivity contribution in [3.63, 3.8) is 0 Å². The van der Waals surface area contributed by atoms with Crippen molar-refractivity contribution in [2.24, 2.45) is 5.92 Å². The molecule has 1 aromatic carbocycles. The Bertz CT molecular complexity index is 571. The van der Waals surface area contributed by atoms with Crippen molar-refractivity contribution in [1.82, 2.24) is 0 Å². The molecule has 2 amide bonds. The molecular formula is C15H17F3N2O3. The molecule has 0 aromatic heterocycles. The van der Waals surface area contributed by atoms with Gasteiger partial charge in [0.2, 0.25) is 11.8 Å². The first kappa shape index (κ1) is 17.3. The molecule has 0 aliphatic heterocycles. The molecule has 5 nitrogen and oxygen atoms in total. The lowest BCUT2D eigenvalue weighted by Gasteiger charge is -2.09. The summed E-state index contributed by atoms with van der Waals surface area (Å²) >= 11 is 0. The summed E-state index contributed by atoms with van der Waals surface area (Å²) in [7, 11) is 0. The summed E-state index contributed by atoms with van der Waals surface area (Å²) in [6, 6.07) is 6.58. The number of rotatable bonds is 7. The molecule has 0 bridgehead atoms. The maximum Gasteiger partial charge on any atom is 0.411 e. The monoisotopic (exact) mass is 330 g/mol. The van der Waals surface area contributed by atoms with Gasteiger partial charge in [0.15, 0.2) is 0 Å². The Morgan fingerprint density at radius 3 is 2.43 bits per heavy atom. The molecular weight excluding hydrogens is 313 g/mol. The highest BCUT2D eigenvalue weighted by Gasteiger charge is 2.29. The van der Waals surface area contributed by atoms with Crippen LogP contribution in [-0.4, -0.2) is 31.2 Å². The first-order valence-electron chi connectivity index (χ1n) is 7.19. The lowest BCUT2D eigenvalue weighted by molar-refractivity contribution is -0.174. The fraction of sp³-hybridized carbons (Fsp3) is 0.467. The number of benzene rings is 1. The normalized spacial score (nSPS) is 14.4. The van der Waals surface area contributed by atoms with Crippen LogP contribution in [0.15, 0.2) is 24.3 Å². The van der Waals surface area contributed by atoms with E-state index in [0.717, 1.165) is 12.8 Å². The van der Waals surface area contributed by atoms with Crippen LogP contribution < -0.4 is 10.6 Å². The summed E-state index contributed by atoms with van der Waals surface area (Å²) in [5.41, 5.74) is 1.02. The predicted molar refractivity (Wildman–Crippen MR) is 77.9 cm³/mol. The maximum atomic E-state index is 11.9. The minimum Gasteiger partial charge on any atom is -0.372 e. The zero-order valence-electron chi connectivity index (χ0n) is 12.3. The van der Waals surface area contributed by atoms with Gasteiger partial charge in [-0.25, -0.2) is 0 Å². The zero-order valence-corrected chi connectivity index (χ0v) is 12.3. The largest absolute Gasteiger partial charge is 0.411 e. The van der Waals surface area contributed by atoms with Gasteiger partial charge in [0, 0.05) is 17.3 Å². The third-order valence-electron chi connectivity index (χ3n) is 3.10. The van der Waals surface area contributed by atoms with Gasteiger partial charge in [-0.15, -0.1) is 0 Å². The van der Waals surface area contributed by atoms with Crippen LogP contribution in [-0.2, 0) is 14.3 Å². The first-order chi connectivity index (χ1) is 10.8. The molecule has 0 saturated heterocycles. The summed E-state index contributed by atoms with van der Waals surface area (Å²) < 4.78 is 40.0. The van der Waals surface area contributed by atoms with E-state index in [2.05, 4.69) is 15.4 Å². The number of ether oxygens (including phenoxy) is 1. The molecule has 23 heavy (non-hydrogen) atoms. The summed E-state index contributed by atoms with van der Waals surface area (Å²) in [4.78, 5) is 23.3. The molecule has 1 aliphatic rings. The Morgan fingerprint density at radius 1 is 1.17 bits per heavy atom. The van der Waals surface area contributed by atoms with Gasteiger partial charge < -0.3 is 15.4 Å². The quantitative estimate of drug-likeness (QED) is 0.755. The lowest BCUT2D eigenvalue weighted by atomic mass is 10.2. The van der Waals surface area contributed by atoms with E-state index in [1.807, 2.05) is 0 Å². The van der Waals surface area contributed by atoms with E-state index in [-0.39, 0.29) is 24.9 Å². The van der Waals surface area contributed by atoms with Crippen molar-refractivity contribution in [3.05, 3.63) is 24.3 Å². The molecule has 0 spiro atoms. The van der Waals surface area contributed by atoms with Gasteiger partial charge in [-0.05, 0) is 31.0 Å². The van der Waals surface area contributed by atoms with Gasteiger partial charge >= 0.3 is 6.18 Å². The second kappa shape index (κ2) is 7.45. The van der Waals surface area contributed by atoms with E-state index in [1.165, 1.54) is 0 Å². The number of hydrogen-bond donors (Lipinski definition) is 2. The average Bonchev–Trinajstić information content (AvgIpc) is 3.27. The minimum atomic E-state index is -4.40. The maximum absolute atomic E-state index is 11.9. The van der Waals surface area contributed by atoms with Crippen molar-refractivity contribution in [2.75, 3.05) is 23.8 Å². The first-order valence-corrected chi connectivity index (χ1v) is 7.19. The fourth-order valence-corrected chi connectivity index (χ4v) is 1.84. The number of carbonyl (C=O) groups excluding carboxylic acids is 2. The Balaban J connectivity index is 1.75. The van der Waals surface area contributed by atoms with E-state index < -0.39 is 18.7 Å². The van der Waals surface area contributed by atoms with E-state index in [4.69, 9.17) is 0 Å². The molecule has 1 fully saturated rings. The van der Waals surface area contributed by atoms with Crippen LogP contribution >= 0.6 is 0 Å². The van der Waals surface area contributed by atoms with E-state index >= 15 is 0 Å². The minimum absolute atomic E-state index is 0.0472. The molecule has 1 aromatic rings. The SMILES string of the molecule is O=C(CCOCC(F)(F)F)Nc1cccc(NC(=O)C2CC2)c1. The van der Waals surface area contributed by atoms with Crippen molar-refractivity contribution < 1.29 is 27.5 Å². The van der Waals surface area contributed by atoms with E-state index in [9.17, 15) is 22.8 Å². The summed E-state index contributed by atoms with van der Waals surface area (Å²) in [5, 5.41) is 5.29. The Kier molecular flexibility index (Phi) is 5.59. The number of anilines is 2. The predicted octanol–water partition coefficient (Wildman–Crippen LogP) is 2.94. The zero-order chi connectivity index (χ0) is 16.9. The van der Waals surface area contributed by atoms with Gasteiger partial charge in [-0.2, -0.15) is 13.2 Å². The number of hydrogen-bond acceptors (Lipinski definition) is 3. The number of amides is 2. The molecule has 1 saturated carbocycles. The molecule has 0 heterocycles. The van der Waals surface area contributed by atoms with Crippen molar-refractivity contribution in [3.8, 4) is 0 Å². The Hall–Kier alpha value is -2.09. The van der Waals surface area contributed by atoms with E-state index in [1.54, 1.807) is 24.3 Å². The number of nitrogens with one attached hydrogen (secondary N) is 2. The average molecular weight is 330 g/mol. The molecule has 0 radical (unpaired) electrons.